The molecule has 1 atom stereocenters. The van der Waals surface area contributed by atoms with E-state index in [1.54, 1.807) is 43.4 Å². The Morgan fingerprint density at radius 3 is 2.38 bits per heavy atom. The van der Waals surface area contributed by atoms with E-state index in [-0.39, 0.29) is 37.1 Å². The molecule has 166 valence electrons. The van der Waals surface area contributed by atoms with Crippen LogP contribution in [0.3, 0.4) is 0 Å². The smallest absolute Gasteiger partial charge is 0.253 e. The Kier molecular flexibility index (Phi) is 8.22. The summed E-state index contributed by atoms with van der Waals surface area (Å²) in [4.78, 5) is 27.1. The van der Waals surface area contributed by atoms with Crippen LogP contribution in [0.15, 0.2) is 78.9 Å². The van der Waals surface area contributed by atoms with E-state index in [0.717, 1.165) is 5.56 Å². The lowest BCUT2D eigenvalue weighted by molar-refractivity contribution is -0.130. The maximum Gasteiger partial charge on any atom is 0.253 e. The monoisotopic (exact) mass is 454 g/mol. The highest BCUT2D eigenvalue weighted by molar-refractivity contribution is 6.33. The summed E-state index contributed by atoms with van der Waals surface area (Å²) in [6.45, 7) is 0.415. The van der Waals surface area contributed by atoms with Crippen molar-refractivity contribution >= 4 is 23.4 Å². The van der Waals surface area contributed by atoms with E-state index < -0.39 is 11.9 Å². The Bertz CT molecular complexity index is 1060. The van der Waals surface area contributed by atoms with E-state index in [1.165, 1.54) is 17.0 Å². The third-order valence-electron chi connectivity index (χ3n) is 4.95. The first kappa shape index (κ1) is 23.3. The van der Waals surface area contributed by atoms with Gasteiger partial charge in [-0.25, -0.2) is 4.39 Å². The van der Waals surface area contributed by atoms with Crippen molar-refractivity contribution in [3.8, 4) is 5.75 Å². The molecule has 0 aliphatic rings. The first-order valence-electron chi connectivity index (χ1n) is 10.2. The van der Waals surface area contributed by atoms with E-state index in [4.69, 9.17) is 16.3 Å². The molecule has 5 nitrogen and oxygen atoms in total. The van der Waals surface area contributed by atoms with Crippen molar-refractivity contribution in [2.45, 2.75) is 12.5 Å². The van der Waals surface area contributed by atoms with Crippen LogP contribution >= 0.6 is 11.6 Å². The Morgan fingerprint density at radius 2 is 1.66 bits per heavy atom. The SMILES string of the molecule is CN(CCOc1ccccc1F)C(=O)CC(NC(=O)c1ccccc1Cl)c1ccccc1. The van der Waals surface area contributed by atoms with E-state index in [0.29, 0.717) is 10.6 Å². The number of nitrogens with zero attached hydrogens (tertiary/aromatic N) is 1. The predicted octanol–water partition coefficient (Wildman–Crippen LogP) is 4.88. The number of likely N-dealkylation sites (N-methyl/N-ethyl adjacent to an activating group) is 1. The first-order chi connectivity index (χ1) is 15.5. The van der Waals surface area contributed by atoms with Crippen molar-refractivity contribution in [2.24, 2.45) is 0 Å². The minimum atomic E-state index is -0.539. The van der Waals surface area contributed by atoms with Gasteiger partial charge in [-0.05, 0) is 29.8 Å². The summed E-state index contributed by atoms with van der Waals surface area (Å²) >= 11 is 6.15. The number of ether oxygens (including phenoxy) is 1. The number of rotatable bonds is 9. The molecule has 0 fully saturated rings. The zero-order valence-corrected chi connectivity index (χ0v) is 18.4. The van der Waals surface area contributed by atoms with Crippen LogP contribution in [0.4, 0.5) is 4.39 Å². The molecule has 32 heavy (non-hydrogen) atoms. The highest BCUT2D eigenvalue weighted by Gasteiger charge is 2.22. The minimum Gasteiger partial charge on any atom is -0.489 e. The molecule has 0 aliphatic carbocycles. The van der Waals surface area contributed by atoms with Crippen LogP contribution < -0.4 is 10.1 Å². The summed E-state index contributed by atoms with van der Waals surface area (Å²) in [5.74, 6) is -0.853. The van der Waals surface area contributed by atoms with E-state index in [9.17, 15) is 14.0 Å². The number of halogens is 2. The van der Waals surface area contributed by atoms with Crippen molar-refractivity contribution in [3.63, 3.8) is 0 Å². The highest BCUT2D eigenvalue weighted by atomic mass is 35.5. The number of amides is 2. The predicted molar refractivity (Wildman–Crippen MR) is 122 cm³/mol. The van der Waals surface area contributed by atoms with Gasteiger partial charge >= 0.3 is 0 Å². The van der Waals surface area contributed by atoms with Gasteiger partial charge in [0.05, 0.1) is 29.6 Å². The van der Waals surface area contributed by atoms with Crippen molar-refractivity contribution in [3.05, 3.63) is 101 Å². The van der Waals surface area contributed by atoms with Gasteiger partial charge in [0.1, 0.15) is 6.61 Å². The van der Waals surface area contributed by atoms with Crippen LogP contribution in [-0.4, -0.2) is 36.9 Å². The molecule has 0 spiro atoms. The van der Waals surface area contributed by atoms with E-state index in [2.05, 4.69) is 5.32 Å². The number of carbonyl (C=O) groups excluding carboxylic acids is 2. The maximum atomic E-state index is 13.7. The molecule has 0 heterocycles. The molecule has 7 heteroatoms. The fourth-order valence-corrected chi connectivity index (χ4v) is 3.35. The molecule has 0 aromatic heterocycles. The molecule has 0 radical (unpaired) electrons. The number of hydrogen-bond donors (Lipinski definition) is 1. The lowest BCUT2D eigenvalue weighted by Crippen LogP contribution is -2.36. The van der Waals surface area contributed by atoms with Gasteiger partial charge in [-0.1, -0.05) is 66.2 Å². The van der Waals surface area contributed by atoms with Crippen LogP contribution in [-0.2, 0) is 4.79 Å². The topological polar surface area (TPSA) is 58.6 Å². The fourth-order valence-electron chi connectivity index (χ4n) is 3.13. The highest BCUT2D eigenvalue weighted by Crippen LogP contribution is 2.21. The van der Waals surface area contributed by atoms with Crippen molar-refractivity contribution in [2.75, 3.05) is 20.2 Å². The molecule has 0 aliphatic heterocycles. The number of nitrogens with one attached hydrogen (secondary N) is 1. The molecule has 0 saturated heterocycles. The molecule has 1 unspecified atom stereocenters. The lowest BCUT2D eigenvalue weighted by Gasteiger charge is -2.23. The third-order valence-corrected chi connectivity index (χ3v) is 5.28. The van der Waals surface area contributed by atoms with E-state index >= 15 is 0 Å². The van der Waals surface area contributed by atoms with Crippen molar-refractivity contribution < 1.29 is 18.7 Å². The summed E-state index contributed by atoms with van der Waals surface area (Å²) in [6, 6.07) is 21.6. The molecular formula is C25H24ClFN2O3. The number of para-hydroxylation sites is 1. The van der Waals surface area contributed by atoms with Gasteiger partial charge < -0.3 is 15.0 Å². The van der Waals surface area contributed by atoms with Crippen LogP contribution in [0.2, 0.25) is 5.02 Å². The first-order valence-corrected chi connectivity index (χ1v) is 10.5. The van der Waals surface area contributed by atoms with Gasteiger partial charge in [0.25, 0.3) is 5.91 Å². The zero-order chi connectivity index (χ0) is 22.9. The third kappa shape index (κ3) is 6.31. The minimum absolute atomic E-state index is 0.0520. The lowest BCUT2D eigenvalue weighted by atomic mass is 10.0. The largest absolute Gasteiger partial charge is 0.489 e. The standard InChI is InChI=1S/C25H24ClFN2O3/c1-29(15-16-32-23-14-8-7-13-21(23)27)24(30)17-22(18-9-3-2-4-10-18)28-25(31)19-11-5-6-12-20(19)26/h2-14,22H,15-17H2,1H3,(H,28,31). The van der Waals surface area contributed by atoms with Gasteiger partial charge in [0.15, 0.2) is 11.6 Å². The van der Waals surface area contributed by atoms with Crippen molar-refractivity contribution in [1.29, 1.82) is 0 Å². The van der Waals surface area contributed by atoms with Crippen LogP contribution in [0.25, 0.3) is 0 Å². The average molecular weight is 455 g/mol. The summed E-state index contributed by atoms with van der Waals surface area (Å²) in [5, 5.41) is 3.25. The summed E-state index contributed by atoms with van der Waals surface area (Å²) < 4.78 is 19.1. The summed E-state index contributed by atoms with van der Waals surface area (Å²) in [5.41, 5.74) is 1.14. The molecule has 0 saturated carbocycles. The molecule has 3 aromatic rings. The number of carbonyl (C=O) groups is 2. The van der Waals surface area contributed by atoms with Crippen LogP contribution in [0.1, 0.15) is 28.4 Å². The molecule has 3 aromatic carbocycles. The second-order valence-corrected chi connectivity index (χ2v) is 7.62. The molecule has 0 bridgehead atoms. The van der Waals surface area contributed by atoms with Crippen LogP contribution in [0.5, 0.6) is 5.75 Å². The Labute approximate surface area is 191 Å². The Morgan fingerprint density at radius 1 is 1.00 bits per heavy atom. The second-order valence-electron chi connectivity index (χ2n) is 7.21. The van der Waals surface area contributed by atoms with Gasteiger partial charge in [-0.2, -0.15) is 0 Å². The Hall–Kier alpha value is -3.38. The Balaban J connectivity index is 1.63. The molecule has 2 amide bonds. The molecule has 1 N–H and O–H groups in total. The summed E-state index contributed by atoms with van der Waals surface area (Å²) in [7, 11) is 1.64. The second kappa shape index (κ2) is 11.3. The van der Waals surface area contributed by atoms with Gasteiger partial charge in [-0.3, -0.25) is 9.59 Å². The van der Waals surface area contributed by atoms with Crippen molar-refractivity contribution in [1.82, 2.24) is 10.2 Å². The molecule has 3 rings (SSSR count). The summed E-state index contributed by atoms with van der Waals surface area (Å²) in [6.07, 6.45) is 0.0520. The maximum absolute atomic E-state index is 13.7. The number of hydrogen-bond acceptors (Lipinski definition) is 3. The van der Waals surface area contributed by atoms with Crippen LogP contribution in [0, 0.1) is 5.82 Å². The average Bonchev–Trinajstić information content (AvgIpc) is 2.80. The normalized spacial score (nSPS) is 11.5. The van der Waals surface area contributed by atoms with Gasteiger partial charge in [0, 0.05) is 7.05 Å². The van der Waals surface area contributed by atoms with Gasteiger partial charge in [0.2, 0.25) is 5.91 Å². The van der Waals surface area contributed by atoms with Gasteiger partial charge in [-0.15, -0.1) is 0 Å². The van der Waals surface area contributed by atoms with E-state index in [1.807, 2.05) is 30.3 Å². The quantitative estimate of drug-likeness (QED) is 0.501. The fraction of sp³-hybridized carbons (Fsp3) is 0.200. The molecular weight excluding hydrogens is 431 g/mol. The zero-order valence-electron chi connectivity index (χ0n) is 17.6. The number of benzene rings is 3.